The van der Waals surface area contributed by atoms with Gasteiger partial charge in [0, 0.05) is 36.4 Å². The summed E-state index contributed by atoms with van der Waals surface area (Å²) in [5.41, 5.74) is 2.27. The van der Waals surface area contributed by atoms with Crippen LogP contribution < -0.4 is 26.0 Å². The maximum atomic E-state index is 12.7. The van der Waals surface area contributed by atoms with E-state index in [0.29, 0.717) is 29.9 Å². The van der Waals surface area contributed by atoms with Gasteiger partial charge in [-0.1, -0.05) is 25.0 Å². The Labute approximate surface area is 222 Å². The number of carbonyl (C=O) groups is 2. The normalized spacial score (nSPS) is 15.4. The van der Waals surface area contributed by atoms with Crippen LogP contribution in [0.4, 0.5) is 30.8 Å². The van der Waals surface area contributed by atoms with Gasteiger partial charge in [0.2, 0.25) is 11.9 Å². The van der Waals surface area contributed by atoms with Gasteiger partial charge >= 0.3 is 12.2 Å². The van der Waals surface area contributed by atoms with E-state index in [-0.39, 0.29) is 30.3 Å². The fourth-order valence-electron chi connectivity index (χ4n) is 3.70. The summed E-state index contributed by atoms with van der Waals surface area (Å²) in [6, 6.07) is 12.9. The van der Waals surface area contributed by atoms with Crippen molar-refractivity contribution >= 4 is 29.4 Å². The van der Waals surface area contributed by atoms with Crippen LogP contribution in [-0.2, 0) is 6.54 Å². The van der Waals surface area contributed by atoms with Crippen molar-refractivity contribution in [3.8, 4) is 6.01 Å². The molecule has 5 heterocycles. The van der Waals surface area contributed by atoms with E-state index in [0.717, 1.165) is 31.2 Å². The number of ether oxygens (including phenoxy) is 1. The molecule has 39 heavy (non-hydrogen) atoms. The summed E-state index contributed by atoms with van der Waals surface area (Å²) in [4.78, 5) is 36.9. The zero-order valence-electron chi connectivity index (χ0n) is 21.0. The molecule has 1 aromatic heterocycles. The molecule has 10 nitrogen and oxygen atoms in total. The van der Waals surface area contributed by atoms with Crippen LogP contribution in [0.25, 0.3) is 0 Å². The van der Waals surface area contributed by atoms with Gasteiger partial charge in [-0.2, -0.15) is 28.1 Å². The Morgan fingerprint density at radius 2 is 1.28 bits per heavy atom. The number of nitrogens with one attached hydrogen (secondary N) is 4. The van der Waals surface area contributed by atoms with E-state index in [1.54, 1.807) is 48.5 Å². The Morgan fingerprint density at radius 3 is 1.87 bits per heavy atom. The molecule has 0 unspecified atom stereocenters. The average Bonchev–Trinajstić information content (AvgIpc) is 2.92. The number of benzene rings is 2. The van der Waals surface area contributed by atoms with Gasteiger partial charge in [-0.25, -0.2) is 0 Å². The molecule has 13 heteroatoms. The summed E-state index contributed by atoms with van der Waals surface area (Å²) in [6.45, 7) is -0.259. The number of hydrogen-bond acceptors (Lipinski definition) is 8. The highest BCUT2D eigenvalue weighted by Gasteiger charge is 2.29. The van der Waals surface area contributed by atoms with Gasteiger partial charge in [0.1, 0.15) is 0 Å². The monoisotopic (exact) mass is 543 g/mol. The van der Waals surface area contributed by atoms with Crippen molar-refractivity contribution in [1.29, 1.82) is 0 Å². The highest BCUT2D eigenvalue weighted by Crippen LogP contribution is 2.21. The van der Waals surface area contributed by atoms with E-state index < -0.39 is 18.8 Å². The molecule has 2 aromatic carbocycles. The quantitative estimate of drug-likeness (QED) is 0.379. The predicted molar refractivity (Wildman–Crippen MR) is 138 cm³/mol. The Bertz CT molecular complexity index is 1270. The van der Waals surface area contributed by atoms with E-state index >= 15 is 0 Å². The molecular formula is C26H28F3N7O3. The molecule has 0 fully saturated rings. The van der Waals surface area contributed by atoms with E-state index in [1.165, 1.54) is 0 Å². The maximum absolute atomic E-state index is 12.7. The standard InChI is InChI=1S/C26H28F3N7O3/c27-26(28,29)16-39-25-35-23-32-15-17-5-7-18(8-6-17)21(37)30-13-3-1-2-4-14-31-22(38)19-9-11-20(12-10-19)33-24(34-23)36-25/h5-12H,1-4,13-16H2,(H,30,37)(H,31,38)(H2,32,33,34,35,36). The Morgan fingerprint density at radius 1 is 0.718 bits per heavy atom. The average molecular weight is 544 g/mol. The highest BCUT2D eigenvalue weighted by molar-refractivity contribution is 5.94. The minimum absolute atomic E-state index is 0.0167. The zero-order valence-corrected chi connectivity index (χ0v) is 21.0. The van der Waals surface area contributed by atoms with Gasteiger partial charge in [0.05, 0.1) is 0 Å². The zero-order chi connectivity index (χ0) is 27.7. The molecule has 0 aliphatic carbocycles. The summed E-state index contributed by atoms with van der Waals surface area (Å²) < 4.78 is 42.9. The molecule has 0 atom stereocenters. The van der Waals surface area contributed by atoms with Crippen molar-refractivity contribution in [2.45, 2.75) is 38.4 Å². The molecule has 0 radical (unpaired) electrons. The van der Waals surface area contributed by atoms with Gasteiger partial charge in [0.15, 0.2) is 6.61 Å². The lowest BCUT2D eigenvalue weighted by Crippen LogP contribution is -2.25. The van der Waals surface area contributed by atoms with Crippen LogP contribution in [0.1, 0.15) is 52.0 Å². The third kappa shape index (κ3) is 8.83. The Kier molecular flexibility index (Phi) is 9.13. The first-order valence-electron chi connectivity index (χ1n) is 12.5. The van der Waals surface area contributed by atoms with E-state index in [2.05, 4.69) is 36.2 Å². The summed E-state index contributed by atoms with van der Waals surface area (Å²) >= 11 is 0. The minimum atomic E-state index is -4.57. The fraction of sp³-hybridized carbons (Fsp3) is 0.346. The van der Waals surface area contributed by atoms with Crippen molar-refractivity contribution in [3.05, 3.63) is 65.2 Å². The SMILES string of the molecule is O=C1NCCCCCCNC(=O)c2ccc(cc2)Nc2nc(nc(OCC(F)(F)F)n2)NCc2ccc1cc2. The second-order valence-electron chi connectivity index (χ2n) is 8.85. The fourth-order valence-corrected chi connectivity index (χ4v) is 3.70. The molecule has 6 bridgehead atoms. The Hall–Kier alpha value is -4.42. The first-order chi connectivity index (χ1) is 18.7. The van der Waals surface area contributed by atoms with Gasteiger partial charge < -0.3 is 26.0 Å². The molecule has 4 aliphatic rings. The van der Waals surface area contributed by atoms with Crippen LogP contribution in [0.15, 0.2) is 48.5 Å². The topological polar surface area (TPSA) is 130 Å². The number of aromatic nitrogens is 3. The van der Waals surface area contributed by atoms with Crippen LogP contribution in [0.2, 0.25) is 0 Å². The van der Waals surface area contributed by atoms with Crippen molar-refractivity contribution < 1.29 is 27.5 Å². The minimum Gasteiger partial charge on any atom is -0.454 e. The Balaban J connectivity index is 1.56. The van der Waals surface area contributed by atoms with E-state index in [9.17, 15) is 22.8 Å². The number of alkyl halides is 3. The lowest BCUT2D eigenvalue weighted by atomic mass is 10.1. The van der Waals surface area contributed by atoms with Crippen LogP contribution in [0.5, 0.6) is 6.01 Å². The molecule has 206 valence electrons. The molecule has 2 amide bonds. The molecular weight excluding hydrogens is 515 g/mol. The number of halogens is 3. The smallest absolute Gasteiger partial charge is 0.422 e. The van der Waals surface area contributed by atoms with E-state index in [1.807, 2.05) is 0 Å². The van der Waals surface area contributed by atoms with Crippen molar-refractivity contribution in [3.63, 3.8) is 0 Å². The first-order valence-corrected chi connectivity index (χ1v) is 12.5. The summed E-state index contributed by atoms with van der Waals surface area (Å²) in [5.74, 6) is -0.467. The third-order valence-electron chi connectivity index (χ3n) is 5.72. The molecule has 0 spiro atoms. The summed E-state index contributed by atoms with van der Waals surface area (Å²) in [7, 11) is 0. The van der Waals surface area contributed by atoms with Crippen molar-refractivity contribution in [1.82, 2.24) is 25.6 Å². The number of hydrogen-bond donors (Lipinski definition) is 4. The second-order valence-corrected chi connectivity index (χ2v) is 8.85. The molecule has 4 aliphatic heterocycles. The summed E-state index contributed by atoms with van der Waals surface area (Å²) in [5, 5.41) is 11.6. The molecule has 3 aromatic rings. The lowest BCUT2D eigenvalue weighted by molar-refractivity contribution is -0.154. The molecule has 7 rings (SSSR count). The molecule has 0 saturated heterocycles. The maximum Gasteiger partial charge on any atom is 0.422 e. The number of amides is 2. The number of nitrogens with zero attached hydrogens (tertiary/aromatic N) is 3. The third-order valence-corrected chi connectivity index (χ3v) is 5.72. The van der Waals surface area contributed by atoms with Crippen molar-refractivity contribution in [2.24, 2.45) is 0 Å². The number of anilines is 3. The molecule has 0 saturated carbocycles. The van der Waals surface area contributed by atoms with Crippen LogP contribution in [0, 0.1) is 0 Å². The first kappa shape index (κ1) is 27.6. The molecule has 4 N–H and O–H groups in total. The van der Waals surface area contributed by atoms with Crippen LogP contribution in [-0.4, -0.2) is 52.6 Å². The lowest BCUT2D eigenvalue weighted by Gasteiger charge is -2.12. The number of rotatable bonds is 2. The van der Waals surface area contributed by atoms with Gasteiger partial charge in [-0.3, -0.25) is 9.59 Å². The van der Waals surface area contributed by atoms with E-state index in [4.69, 9.17) is 4.74 Å². The highest BCUT2D eigenvalue weighted by atomic mass is 19.4. The van der Waals surface area contributed by atoms with Gasteiger partial charge in [-0.05, 0) is 54.8 Å². The van der Waals surface area contributed by atoms with Crippen molar-refractivity contribution in [2.75, 3.05) is 30.3 Å². The number of carbonyl (C=O) groups excluding carboxylic acids is 2. The largest absolute Gasteiger partial charge is 0.454 e. The van der Waals surface area contributed by atoms with Crippen LogP contribution >= 0.6 is 0 Å². The predicted octanol–water partition coefficient (Wildman–Crippen LogP) is 4.20. The van der Waals surface area contributed by atoms with Gasteiger partial charge in [0.25, 0.3) is 11.8 Å². The summed E-state index contributed by atoms with van der Waals surface area (Å²) in [6.07, 6.45) is -1.07. The van der Waals surface area contributed by atoms with Gasteiger partial charge in [-0.15, -0.1) is 0 Å². The van der Waals surface area contributed by atoms with Crippen LogP contribution in [0.3, 0.4) is 0 Å². The second kappa shape index (κ2) is 12.9.